The Kier molecular flexibility index (Phi) is 3.59. The Hall–Kier alpha value is -1.65. The van der Waals surface area contributed by atoms with Crippen molar-refractivity contribution in [3.8, 4) is 0 Å². The highest BCUT2D eigenvalue weighted by Gasteiger charge is 2.10. The van der Waals surface area contributed by atoms with Gasteiger partial charge in [0.05, 0.1) is 16.6 Å². The van der Waals surface area contributed by atoms with Gasteiger partial charge in [-0.25, -0.2) is 0 Å². The molecule has 0 aliphatic carbocycles. The van der Waals surface area contributed by atoms with Crippen LogP contribution in [0.3, 0.4) is 0 Å². The summed E-state index contributed by atoms with van der Waals surface area (Å²) in [5.74, 6) is 0.549. The first-order valence-electron chi connectivity index (χ1n) is 6.35. The molecule has 1 aromatic heterocycles. The van der Waals surface area contributed by atoms with E-state index in [9.17, 15) is 4.21 Å². The van der Waals surface area contributed by atoms with Crippen molar-refractivity contribution in [2.24, 2.45) is 0 Å². The second-order valence-electron chi connectivity index (χ2n) is 4.77. The lowest BCUT2D eigenvalue weighted by molar-refractivity contribution is 0.683. The van der Waals surface area contributed by atoms with Crippen LogP contribution in [0.25, 0.3) is 10.1 Å². The Balaban J connectivity index is 1.90. The van der Waals surface area contributed by atoms with Gasteiger partial charge < -0.3 is 5.73 Å². The monoisotopic (exact) mass is 301 g/mol. The zero-order chi connectivity index (χ0) is 14.1. The van der Waals surface area contributed by atoms with Crippen LogP contribution in [-0.2, 0) is 16.6 Å². The molecule has 0 saturated carbocycles. The molecule has 20 heavy (non-hydrogen) atoms. The third-order valence-electron chi connectivity index (χ3n) is 3.35. The molecule has 1 heterocycles. The molecule has 0 spiro atoms. The SMILES string of the molecule is Cc1cc(S(=O)Cc2csc3ccccc23)ccc1N. The number of anilines is 1. The molecule has 102 valence electrons. The summed E-state index contributed by atoms with van der Waals surface area (Å²) in [5.41, 5.74) is 8.67. The normalized spacial score (nSPS) is 12.7. The van der Waals surface area contributed by atoms with Crippen LogP contribution in [0.5, 0.6) is 0 Å². The maximum Gasteiger partial charge on any atom is 0.0574 e. The van der Waals surface area contributed by atoms with Crippen molar-refractivity contribution < 1.29 is 4.21 Å². The lowest BCUT2D eigenvalue weighted by Gasteiger charge is -2.05. The highest BCUT2D eigenvalue weighted by molar-refractivity contribution is 7.84. The summed E-state index contributed by atoms with van der Waals surface area (Å²) in [4.78, 5) is 0.840. The van der Waals surface area contributed by atoms with E-state index in [0.717, 1.165) is 21.7 Å². The molecule has 2 N–H and O–H groups in total. The number of thiophene rings is 1. The molecule has 0 fully saturated rings. The van der Waals surface area contributed by atoms with Gasteiger partial charge in [-0.1, -0.05) is 18.2 Å². The lowest BCUT2D eigenvalue weighted by Crippen LogP contribution is -1.98. The summed E-state index contributed by atoms with van der Waals surface area (Å²) in [5, 5.41) is 3.31. The number of hydrogen-bond donors (Lipinski definition) is 1. The quantitative estimate of drug-likeness (QED) is 0.740. The van der Waals surface area contributed by atoms with Crippen LogP contribution in [0.4, 0.5) is 5.69 Å². The van der Waals surface area contributed by atoms with Gasteiger partial charge in [-0.15, -0.1) is 11.3 Å². The van der Waals surface area contributed by atoms with Gasteiger partial charge in [0.2, 0.25) is 0 Å². The highest BCUT2D eigenvalue weighted by Crippen LogP contribution is 2.28. The van der Waals surface area contributed by atoms with Crippen molar-refractivity contribution in [3.05, 3.63) is 59.0 Å². The fourth-order valence-corrected chi connectivity index (χ4v) is 4.44. The Labute approximate surface area is 124 Å². The van der Waals surface area contributed by atoms with Gasteiger partial charge in [0.1, 0.15) is 0 Å². The molecule has 3 aromatic rings. The van der Waals surface area contributed by atoms with Crippen molar-refractivity contribution in [1.82, 2.24) is 0 Å². The van der Waals surface area contributed by atoms with E-state index in [2.05, 4.69) is 17.5 Å². The molecule has 0 aliphatic heterocycles. The molecule has 0 saturated heterocycles. The molecule has 1 atom stereocenters. The molecule has 1 unspecified atom stereocenters. The van der Waals surface area contributed by atoms with Crippen LogP contribution in [0, 0.1) is 6.92 Å². The number of rotatable bonds is 3. The zero-order valence-electron chi connectivity index (χ0n) is 11.1. The molecule has 0 amide bonds. The lowest BCUT2D eigenvalue weighted by atomic mass is 10.2. The van der Waals surface area contributed by atoms with Crippen molar-refractivity contribution in [2.45, 2.75) is 17.6 Å². The number of fused-ring (bicyclic) bond motifs is 1. The fraction of sp³-hybridized carbons (Fsp3) is 0.125. The number of nitrogen functional groups attached to an aromatic ring is 1. The summed E-state index contributed by atoms with van der Waals surface area (Å²) in [7, 11) is -1.04. The van der Waals surface area contributed by atoms with Crippen LogP contribution in [0.15, 0.2) is 52.7 Å². The maximum atomic E-state index is 12.5. The van der Waals surface area contributed by atoms with Crippen LogP contribution in [-0.4, -0.2) is 4.21 Å². The van der Waals surface area contributed by atoms with Crippen LogP contribution in [0.1, 0.15) is 11.1 Å². The summed E-state index contributed by atoms with van der Waals surface area (Å²) in [6.45, 7) is 1.94. The van der Waals surface area contributed by atoms with Crippen molar-refractivity contribution >= 4 is 37.9 Å². The van der Waals surface area contributed by atoms with E-state index < -0.39 is 10.8 Å². The van der Waals surface area contributed by atoms with Gasteiger partial charge in [0.25, 0.3) is 0 Å². The minimum atomic E-state index is -1.04. The maximum absolute atomic E-state index is 12.5. The van der Waals surface area contributed by atoms with Gasteiger partial charge in [0, 0.05) is 15.3 Å². The molecule has 3 rings (SSSR count). The van der Waals surface area contributed by atoms with Gasteiger partial charge in [-0.05, 0) is 53.1 Å². The number of aryl methyl sites for hydroxylation is 1. The second-order valence-corrected chi connectivity index (χ2v) is 7.13. The van der Waals surface area contributed by atoms with E-state index in [0.29, 0.717) is 5.75 Å². The predicted octanol–water partition coefficient (Wildman–Crippen LogP) is 4.10. The highest BCUT2D eigenvalue weighted by atomic mass is 32.2. The third kappa shape index (κ3) is 2.49. The number of nitrogens with two attached hydrogens (primary N) is 1. The minimum Gasteiger partial charge on any atom is -0.399 e. The Bertz CT molecular complexity index is 792. The van der Waals surface area contributed by atoms with Crippen molar-refractivity contribution in [3.63, 3.8) is 0 Å². The van der Waals surface area contributed by atoms with Crippen LogP contribution >= 0.6 is 11.3 Å². The largest absolute Gasteiger partial charge is 0.399 e. The number of hydrogen-bond acceptors (Lipinski definition) is 3. The minimum absolute atomic E-state index is 0.549. The standard InChI is InChI=1S/C16H15NOS2/c1-11-8-13(6-7-15(11)17)20(18)10-12-9-19-16-5-3-2-4-14(12)16/h2-9H,10,17H2,1H3. The molecule has 0 bridgehead atoms. The smallest absolute Gasteiger partial charge is 0.0574 e. The second kappa shape index (κ2) is 5.38. The topological polar surface area (TPSA) is 43.1 Å². The Morgan fingerprint density at radius 2 is 2.00 bits per heavy atom. The molecular formula is C16H15NOS2. The first-order chi connectivity index (χ1) is 9.65. The molecule has 0 radical (unpaired) electrons. The van der Waals surface area contributed by atoms with E-state index >= 15 is 0 Å². The van der Waals surface area contributed by atoms with E-state index in [1.807, 2.05) is 37.3 Å². The van der Waals surface area contributed by atoms with Crippen LogP contribution in [0.2, 0.25) is 0 Å². The van der Waals surface area contributed by atoms with Crippen LogP contribution < -0.4 is 5.73 Å². The molecular weight excluding hydrogens is 286 g/mol. The van der Waals surface area contributed by atoms with Gasteiger partial charge in [0.15, 0.2) is 0 Å². The predicted molar refractivity (Wildman–Crippen MR) is 87.5 cm³/mol. The van der Waals surface area contributed by atoms with Gasteiger partial charge in [-0.2, -0.15) is 0 Å². The van der Waals surface area contributed by atoms with E-state index in [4.69, 9.17) is 5.73 Å². The molecule has 4 heteroatoms. The zero-order valence-corrected chi connectivity index (χ0v) is 12.8. The number of benzene rings is 2. The van der Waals surface area contributed by atoms with Gasteiger partial charge >= 0.3 is 0 Å². The Morgan fingerprint density at radius 3 is 2.80 bits per heavy atom. The summed E-state index contributed by atoms with van der Waals surface area (Å²) in [6, 6.07) is 13.8. The summed E-state index contributed by atoms with van der Waals surface area (Å²) < 4.78 is 13.7. The average Bonchev–Trinajstić information content (AvgIpc) is 2.85. The molecule has 2 nitrogen and oxygen atoms in total. The fourth-order valence-electron chi connectivity index (χ4n) is 2.16. The first-order valence-corrected chi connectivity index (χ1v) is 8.54. The average molecular weight is 301 g/mol. The van der Waals surface area contributed by atoms with Gasteiger partial charge in [-0.3, -0.25) is 4.21 Å². The first kappa shape index (κ1) is 13.3. The van der Waals surface area contributed by atoms with E-state index in [-0.39, 0.29) is 0 Å². The molecule has 2 aromatic carbocycles. The van der Waals surface area contributed by atoms with E-state index in [1.165, 1.54) is 10.1 Å². The summed E-state index contributed by atoms with van der Waals surface area (Å²) >= 11 is 1.70. The third-order valence-corrected chi connectivity index (χ3v) is 5.72. The summed E-state index contributed by atoms with van der Waals surface area (Å²) in [6.07, 6.45) is 0. The van der Waals surface area contributed by atoms with Crippen molar-refractivity contribution in [2.75, 3.05) is 5.73 Å². The molecule has 0 aliphatic rings. The Morgan fingerprint density at radius 1 is 1.20 bits per heavy atom. The van der Waals surface area contributed by atoms with Crippen molar-refractivity contribution in [1.29, 1.82) is 0 Å². The van der Waals surface area contributed by atoms with E-state index in [1.54, 1.807) is 11.3 Å².